The van der Waals surface area contributed by atoms with Gasteiger partial charge in [0.2, 0.25) is 0 Å². The summed E-state index contributed by atoms with van der Waals surface area (Å²) in [6.07, 6.45) is 9.88. The fraction of sp³-hybridized carbons (Fsp3) is 0.0980. The van der Waals surface area contributed by atoms with E-state index in [4.69, 9.17) is 0 Å². The van der Waals surface area contributed by atoms with E-state index in [1.807, 2.05) is 0 Å². The summed E-state index contributed by atoms with van der Waals surface area (Å²) in [5, 5.41) is 5.04. The molecule has 11 rings (SSSR count). The molecular formula is C51H39N3. The van der Waals surface area contributed by atoms with Gasteiger partial charge in [0.05, 0.1) is 28.1 Å². The van der Waals surface area contributed by atoms with E-state index in [1.165, 1.54) is 82.9 Å². The van der Waals surface area contributed by atoms with Crippen LogP contribution in [0.1, 0.15) is 31.4 Å². The molecule has 258 valence electrons. The molecule has 1 unspecified atom stereocenters. The van der Waals surface area contributed by atoms with Gasteiger partial charge in [-0.1, -0.05) is 117 Å². The maximum absolute atomic E-state index is 2.49. The molecule has 2 aromatic heterocycles. The highest BCUT2D eigenvalue weighted by molar-refractivity contribution is 6.14. The summed E-state index contributed by atoms with van der Waals surface area (Å²) >= 11 is 0. The predicted octanol–water partition coefficient (Wildman–Crippen LogP) is 13.2. The Bertz CT molecular complexity index is 2990. The molecule has 0 saturated carbocycles. The number of fused-ring (bicyclic) bond motifs is 9. The molecule has 0 bridgehead atoms. The molecule has 0 aliphatic heterocycles. The standard InChI is InChI=1S/C51H39N3/c1-51(2)45-24-14-12-22-39(45)41-32-44-40-23-13-15-25-47(40)54(50(44)33-46(41)51)38-27-29-49-43(31-38)42-30-37(26-28-48(42)53(49)36-20-10-5-11-21-36)52(34-16-6-3-7-17-34)35-18-8-4-9-19-35/h3-18,20-33,35H,19H2,1-2H3. The van der Waals surface area contributed by atoms with Crippen molar-refractivity contribution >= 4 is 55.0 Å². The van der Waals surface area contributed by atoms with Crippen LogP contribution in [0.25, 0.3) is 66.1 Å². The molecule has 2 aliphatic rings. The first-order valence-corrected chi connectivity index (χ1v) is 19.1. The van der Waals surface area contributed by atoms with Gasteiger partial charge in [0.25, 0.3) is 0 Å². The third-order valence-electron chi connectivity index (χ3n) is 12.0. The number of anilines is 2. The molecule has 9 aromatic rings. The highest BCUT2D eigenvalue weighted by atomic mass is 15.2. The van der Waals surface area contributed by atoms with Crippen molar-refractivity contribution in [2.75, 3.05) is 4.90 Å². The number of allylic oxidation sites excluding steroid dienone is 2. The minimum atomic E-state index is -0.0845. The monoisotopic (exact) mass is 693 g/mol. The van der Waals surface area contributed by atoms with E-state index in [0.717, 1.165) is 12.1 Å². The van der Waals surface area contributed by atoms with E-state index >= 15 is 0 Å². The topological polar surface area (TPSA) is 13.1 Å². The van der Waals surface area contributed by atoms with Gasteiger partial charge in [-0.2, -0.15) is 0 Å². The Hall–Kier alpha value is -6.58. The number of hydrogen-bond acceptors (Lipinski definition) is 1. The second-order valence-corrected chi connectivity index (χ2v) is 15.3. The van der Waals surface area contributed by atoms with Gasteiger partial charge in [-0.3, -0.25) is 0 Å². The van der Waals surface area contributed by atoms with E-state index in [2.05, 4.69) is 210 Å². The lowest BCUT2D eigenvalue weighted by molar-refractivity contribution is 0.661. The Morgan fingerprint density at radius 3 is 1.96 bits per heavy atom. The number of aromatic nitrogens is 2. The van der Waals surface area contributed by atoms with Crippen molar-refractivity contribution in [1.82, 2.24) is 9.13 Å². The first-order chi connectivity index (χ1) is 26.6. The number of benzene rings is 7. The highest BCUT2D eigenvalue weighted by Gasteiger charge is 2.36. The van der Waals surface area contributed by atoms with Crippen LogP contribution in [0.15, 0.2) is 182 Å². The average molecular weight is 694 g/mol. The Morgan fingerprint density at radius 1 is 0.481 bits per heavy atom. The lowest BCUT2D eigenvalue weighted by atomic mass is 9.82. The summed E-state index contributed by atoms with van der Waals surface area (Å²) in [5.41, 5.74) is 15.0. The Morgan fingerprint density at radius 2 is 1.15 bits per heavy atom. The van der Waals surface area contributed by atoms with E-state index in [-0.39, 0.29) is 11.5 Å². The smallest absolute Gasteiger partial charge is 0.0559 e. The quantitative estimate of drug-likeness (QED) is 0.175. The van der Waals surface area contributed by atoms with Crippen molar-refractivity contribution < 1.29 is 0 Å². The van der Waals surface area contributed by atoms with Gasteiger partial charge < -0.3 is 14.0 Å². The maximum atomic E-state index is 2.49. The minimum Gasteiger partial charge on any atom is -0.334 e. The summed E-state index contributed by atoms with van der Waals surface area (Å²) < 4.78 is 4.92. The van der Waals surface area contributed by atoms with Gasteiger partial charge in [0.1, 0.15) is 0 Å². The van der Waals surface area contributed by atoms with Crippen molar-refractivity contribution in [1.29, 1.82) is 0 Å². The van der Waals surface area contributed by atoms with Crippen LogP contribution >= 0.6 is 0 Å². The van der Waals surface area contributed by atoms with Crippen molar-refractivity contribution in [2.24, 2.45) is 0 Å². The Labute approximate surface area is 315 Å². The van der Waals surface area contributed by atoms with Crippen LogP contribution in [0.4, 0.5) is 11.4 Å². The third-order valence-corrected chi connectivity index (χ3v) is 12.0. The molecule has 0 spiro atoms. The lowest BCUT2D eigenvalue weighted by Crippen LogP contribution is -2.29. The zero-order valence-electron chi connectivity index (χ0n) is 30.4. The van der Waals surface area contributed by atoms with Crippen molar-refractivity contribution in [2.45, 2.75) is 31.7 Å². The number of hydrogen-bond donors (Lipinski definition) is 0. The Balaban J connectivity index is 1.18. The lowest BCUT2D eigenvalue weighted by Gasteiger charge is -2.32. The molecule has 2 heterocycles. The van der Waals surface area contributed by atoms with E-state index in [9.17, 15) is 0 Å². The molecule has 7 aromatic carbocycles. The van der Waals surface area contributed by atoms with E-state index in [1.54, 1.807) is 0 Å². The van der Waals surface area contributed by atoms with Crippen LogP contribution in [0, 0.1) is 0 Å². The van der Waals surface area contributed by atoms with Gasteiger partial charge in [-0.15, -0.1) is 0 Å². The van der Waals surface area contributed by atoms with E-state index in [0.29, 0.717) is 0 Å². The largest absolute Gasteiger partial charge is 0.334 e. The van der Waals surface area contributed by atoms with Crippen LogP contribution in [0.5, 0.6) is 0 Å². The molecule has 0 N–H and O–H groups in total. The molecule has 1 atom stereocenters. The summed E-state index contributed by atoms with van der Waals surface area (Å²) in [7, 11) is 0. The molecule has 3 heteroatoms. The summed E-state index contributed by atoms with van der Waals surface area (Å²) in [4.78, 5) is 2.49. The zero-order valence-corrected chi connectivity index (χ0v) is 30.4. The molecule has 0 saturated heterocycles. The highest BCUT2D eigenvalue weighted by Crippen LogP contribution is 2.51. The summed E-state index contributed by atoms with van der Waals surface area (Å²) in [6, 6.07) is 58.7. The van der Waals surface area contributed by atoms with Gasteiger partial charge in [0, 0.05) is 49.7 Å². The molecule has 0 radical (unpaired) electrons. The first-order valence-electron chi connectivity index (χ1n) is 19.1. The van der Waals surface area contributed by atoms with Crippen molar-refractivity contribution in [3.8, 4) is 22.5 Å². The fourth-order valence-electron chi connectivity index (χ4n) is 9.46. The third kappa shape index (κ3) is 4.48. The van der Waals surface area contributed by atoms with Crippen LogP contribution < -0.4 is 4.90 Å². The van der Waals surface area contributed by atoms with E-state index < -0.39 is 0 Å². The minimum absolute atomic E-state index is 0.0845. The van der Waals surface area contributed by atoms with Gasteiger partial charge in [-0.05, 0) is 108 Å². The summed E-state index contributed by atoms with van der Waals surface area (Å²) in [6.45, 7) is 4.74. The maximum Gasteiger partial charge on any atom is 0.0559 e. The average Bonchev–Trinajstić information content (AvgIpc) is 3.81. The molecule has 3 nitrogen and oxygen atoms in total. The van der Waals surface area contributed by atoms with Crippen LogP contribution in [-0.4, -0.2) is 15.2 Å². The van der Waals surface area contributed by atoms with Crippen LogP contribution in [-0.2, 0) is 5.41 Å². The van der Waals surface area contributed by atoms with Crippen molar-refractivity contribution in [3.05, 3.63) is 193 Å². The second kappa shape index (κ2) is 11.7. The summed E-state index contributed by atoms with van der Waals surface area (Å²) in [5.74, 6) is 0. The van der Waals surface area contributed by atoms with Gasteiger partial charge >= 0.3 is 0 Å². The number of rotatable bonds is 5. The predicted molar refractivity (Wildman–Crippen MR) is 228 cm³/mol. The van der Waals surface area contributed by atoms with Crippen molar-refractivity contribution in [3.63, 3.8) is 0 Å². The second-order valence-electron chi connectivity index (χ2n) is 15.3. The van der Waals surface area contributed by atoms with Gasteiger partial charge in [0.15, 0.2) is 0 Å². The zero-order chi connectivity index (χ0) is 36.0. The van der Waals surface area contributed by atoms with Crippen LogP contribution in [0.3, 0.4) is 0 Å². The normalized spacial score (nSPS) is 15.7. The molecular weight excluding hydrogens is 655 g/mol. The number of para-hydroxylation sites is 3. The molecule has 0 fully saturated rings. The SMILES string of the molecule is CC1(C)c2ccccc2-c2cc3c4ccccc4n(-c4ccc5c(c4)c4cc(N(c6ccccc6)C6C=CC=CC6)ccc4n5-c4ccccc4)c3cc21. The molecule has 0 amide bonds. The molecule has 2 aliphatic carbocycles. The first kappa shape index (κ1) is 31.0. The van der Waals surface area contributed by atoms with Crippen LogP contribution in [0.2, 0.25) is 0 Å². The Kier molecular flexibility index (Phi) is 6.72. The fourth-order valence-corrected chi connectivity index (χ4v) is 9.46. The van der Waals surface area contributed by atoms with Gasteiger partial charge in [-0.25, -0.2) is 0 Å². The molecule has 54 heavy (non-hydrogen) atoms. The number of nitrogens with zero attached hydrogens (tertiary/aromatic N) is 3.